The number of likely N-dealkylation sites (N-methyl/N-ethyl adjacent to an activating group) is 1. The number of rotatable bonds is 5. The molecule has 2 heterocycles. The molecule has 4 nitrogen and oxygen atoms in total. The van der Waals surface area contributed by atoms with Gasteiger partial charge in [-0.15, -0.1) is 0 Å². The molecular weight excluding hydrogens is 236 g/mol. The van der Waals surface area contributed by atoms with Crippen molar-refractivity contribution in [2.24, 2.45) is 11.3 Å². The lowest BCUT2D eigenvalue weighted by Gasteiger charge is -2.36. The standard InChI is InChI=1S/C15H32N4/c1-15(2,13-5-7-18(3)11-13)12-17-10-14-9-16-6-8-19(14)4/h13-14,16-17H,5-12H2,1-4H3. The summed E-state index contributed by atoms with van der Waals surface area (Å²) in [5.41, 5.74) is 0.408. The van der Waals surface area contributed by atoms with Crippen LogP contribution in [0.25, 0.3) is 0 Å². The predicted molar refractivity (Wildman–Crippen MR) is 81.5 cm³/mol. The van der Waals surface area contributed by atoms with Crippen molar-refractivity contribution in [3.05, 3.63) is 0 Å². The van der Waals surface area contributed by atoms with Gasteiger partial charge in [0.2, 0.25) is 0 Å². The molecule has 2 unspecified atom stereocenters. The third-order valence-corrected chi connectivity index (χ3v) is 5.10. The van der Waals surface area contributed by atoms with Crippen LogP contribution in [0.15, 0.2) is 0 Å². The van der Waals surface area contributed by atoms with E-state index < -0.39 is 0 Å². The van der Waals surface area contributed by atoms with E-state index in [4.69, 9.17) is 0 Å². The van der Waals surface area contributed by atoms with E-state index in [2.05, 4.69) is 48.4 Å². The molecule has 2 atom stereocenters. The molecule has 0 spiro atoms. The molecule has 2 rings (SSSR count). The van der Waals surface area contributed by atoms with Crippen molar-refractivity contribution < 1.29 is 0 Å². The van der Waals surface area contributed by atoms with Gasteiger partial charge in [0.15, 0.2) is 0 Å². The summed E-state index contributed by atoms with van der Waals surface area (Å²) in [7, 11) is 4.48. The lowest BCUT2D eigenvalue weighted by Crippen LogP contribution is -2.54. The zero-order valence-electron chi connectivity index (χ0n) is 13.2. The van der Waals surface area contributed by atoms with E-state index in [1.165, 1.54) is 26.1 Å². The van der Waals surface area contributed by atoms with Crippen LogP contribution in [-0.2, 0) is 0 Å². The van der Waals surface area contributed by atoms with E-state index in [0.29, 0.717) is 11.5 Å². The molecule has 0 saturated carbocycles. The second-order valence-electron chi connectivity index (χ2n) is 7.21. The van der Waals surface area contributed by atoms with Crippen LogP contribution in [0.5, 0.6) is 0 Å². The maximum absolute atomic E-state index is 3.72. The number of hydrogen-bond acceptors (Lipinski definition) is 4. The highest BCUT2D eigenvalue weighted by atomic mass is 15.2. The molecule has 112 valence electrons. The third-order valence-electron chi connectivity index (χ3n) is 5.10. The summed E-state index contributed by atoms with van der Waals surface area (Å²) in [6, 6.07) is 0.649. The molecule has 0 aliphatic carbocycles. The second kappa shape index (κ2) is 6.53. The molecule has 2 fully saturated rings. The summed E-state index contributed by atoms with van der Waals surface area (Å²) in [6.45, 7) is 13.0. The summed E-state index contributed by atoms with van der Waals surface area (Å²) in [4.78, 5) is 4.94. The first-order valence-electron chi connectivity index (χ1n) is 7.79. The molecule has 0 bridgehead atoms. The minimum atomic E-state index is 0.408. The molecule has 0 radical (unpaired) electrons. The number of hydrogen-bond donors (Lipinski definition) is 2. The Morgan fingerprint density at radius 2 is 2.05 bits per heavy atom. The van der Waals surface area contributed by atoms with Crippen molar-refractivity contribution >= 4 is 0 Å². The number of piperazine rings is 1. The Morgan fingerprint density at radius 3 is 2.68 bits per heavy atom. The fraction of sp³-hybridized carbons (Fsp3) is 1.00. The van der Waals surface area contributed by atoms with E-state index in [0.717, 1.165) is 32.1 Å². The van der Waals surface area contributed by atoms with Crippen molar-refractivity contribution in [2.45, 2.75) is 26.3 Å². The number of nitrogens with one attached hydrogen (secondary N) is 2. The van der Waals surface area contributed by atoms with Crippen molar-refractivity contribution in [1.82, 2.24) is 20.4 Å². The lowest BCUT2D eigenvalue weighted by molar-refractivity contribution is 0.172. The molecule has 2 aliphatic heterocycles. The average Bonchev–Trinajstić information content (AvgIpc) is 2.79. The van der Waals surface area contributed by atoms with E-state index in [1.54, 1.807) is 0 Å². The Morgan fingerprint density at radius 1 is 1.26 bits per heavy atom. The van der Waals surface area contributed by atoms with Gasteiger partial charge in [0.1, 0.15) is 0 Å². The van der Waals surface area contributed by atoms with Gasteiger partial charge in [-0.05, 0) is 38.4 Å². The van der Waals surface area contributed by atoms with Crippen molar-refractivity contribution in [1.29, 1.82) is 0 Å². The van der Waals surface area contributed by atoms with Crippen LogP contribution in [0.2, 0.25) is 0 Å². The van der Waals surface area contributed by atoms with Crippen LogP contribution in [0.1, 0.15) is 20.3 Å². The molecular formula is C15H32N4. The molecule has 2 aliphatic rings. The fourth-order valence-corrected chi connectivity index (χ4v) is 3.37. The molecule has 0 aromatic carbocycles. The van der Waals surface area contributed by atoms with Crippen LogP contribution < -0.4 is 10.6 Å². The highest BCUT2D eigenvalue weighted by Crippen LogP contribution is 2.33. The Labute approximate surface area is 118 Å². The Kier molecular flexibility index (Phi) is 5.23. The van der Waals surface area contributed by atoms with Gasteiger partial charge < -0.3 is 15.5 Å². The van der Waals surface area contributed by atoms with E-state index in [1.807, 2.05) is 0 Å². The minimum Gasteiger partial charge on any atom is -0.315 e. The SMILES string of the molecule is CN1CCC(C(C)(C)CNCC2CNCCN2C)C1. The van der Waals surface area contributed by atoms with Crippen molar-refractivity contribution in [2.75, 3.05) is 59.9 Å². The fourth-order valence-electron chi connectivity index (χ4n) is 3.37. The van der Waals surface area contributed by atoms with Gasteiger partial charge in [0, 0.05) is 45.3 Å². The first-order chi connectivity index (χ1) is 8.99. The molecule has 4 heteroatoms. The first kappa shape index (κ1) is 15.2. The van der Waals surface area contributed by atoms with Gasteiger partial charge in [-0.2, -0.15) is 0 Å². The van der Waals surface area contributed by atoms with Crippen LogP contribution in [-0.4, -0.2) is 75.8 Å². The van der Waals surface area contributed by atoms with E-state index in [-0.39, 0.29) is 0 Å². The molecule has 0 amide bonds. The summed E-state index contributed by atoms with van der Waals surface area (Å²) < 4.78 is 0. The summed E-state index contributed by atoms with van der Waals surface area (Å²) in [5, 5.41) is 7.20. The highest BCUT2D eigenvalue weighted by Gasteiger charge is 2.33. The smallest absolute Gasteiger partial charge is 0.0342 e. The predicted octanol–water partition coefficient (Wildman–Crippen LogP) is 0.458. The summed E-state index contributed by atoms with van der Waals surface area (Å²) in [5.74, 6) is 0.840. The largest absolute Gasteiger partial charge is 0.315 e. The Hall–Kier alpha value is -0.160. The molecule has 2 saturated heterocycles. The van der Waals surface area contributed by atoms with Crippen LogP contribution >= 0.6 is 0 Å². The van der Waals surface area contributed by atoms with Gasteiger partial charge in [-0.3, -0.25) is 4.90 Å². The second-order valence-corrected chi connectivity index (χ2v) is 7.21. The van der Waals surface area contributed by atoms with Crippen molar-refractivity contribution in [3.8, 4) is 0 Å². The van der Waals surface area contributed by atoms with Crippen molar-refractivity contribution in [3.63, 3.8) is 0 Å². The quantitative estimate of drug-likeness (QED) is 0.758. The normalized spacial score (nSPS) is 30.9. The van der Waals surface area contributed by atoms with Gasteiger partial charge in [-0.1, -0.05) is 13.8 Å². The summed E-state index contributed by atoms with van der Waals surface area (Å²) >= 11 is 0. The number of likely N-dealkylation sites (tertiary alicyclic amines) is 1. The maximum atomic E-state index is 3.72. The van der Waals surface area contributed by atoms with Crippen LogP contribution in [0, 0.1) is 11.3 Å². The lowest BCUT2D eigenvalue weighted by atomic mass is 9.78. The third kappa shape index (κ3) is 4.15. The number of nitrogens with zero attached hydrogens (tertiary/aromatic N) is 2. The zero-order chi connectivity index (χ0) is 13.9. The highest BCUT2D eigenvalue weighted by molar-refractivity contribution is 4.88. The van der Waals surface area contributed by atoms with Crippen LogP contribution in [0.4, 0.5) is 0 Å². The van der Waals surface area contributed by atoms with Gasteiger partial charge in [0.25, 0.3) is 0 Å². The Bertz CT molecular complexity index is 279. The maximum Gasteiger partial charge on any atom is 0.0342 e. The topological polar surface area (TPSA) is 30.5 Å². The minimum absolute atomic E-state index is 0.408. The van der Waals surface area contributed by atoms with Gasteiger partial charge >= 0.3 is 0 Å². The molecule has 2 N–H and O–H groups in total. The van der Waals surface area contributed by atoms with Gasteiger partial charge in [-0.25, -0.2) is 0 Å². The Balaban J connectivity index is 1.72. The van der Waals surface area contributed by atoms with E-state index >= 15 is 0 Å². The van der Waals surface area contributed by atoms with Crippen LogP contribution in [0.3, 0.4) is 0 Å². The zero-order valence-corrected chi connectivity index (χ0v) is 13.2. The monoisotopic (exact) mass is 268 g/mol. The molecule has 0 aromatic heterocycles. The van der Waals surface area contributed by atoms with E-state index in [9.17, 15) is 0 Å². The first-order valence-corrected chi connectivity index (χ1v) is 7.79. The summed E-state index contributed by atoms with van der Waals surface area (Å²) in [6.07, 6.45) is 1.36. The van der Waals surface area contributed by atoms with Gasteiger partial charge in [0.05, 0.1) is 0 Å². The molecule has 0 aromatic rings. The average molecular weight is 268 g/mol. The molecule has 19 heavy (non-hydrogen) atoms.